The molecule has 0 amide bonds. The molecule has 0 spiro atoms. The summed E-state index contributed by atoms with van der Waals surface area (Å²) in [6.07, 6.45) is 13.9. The SMILES string of the molecule is C=C(CCCCCCCSCCCCCC(C)C)C(C)C. The lowest BCUT2D eigenvalue weighted by molar-refractivity contribution is 0.535. The van der Waals surface area contributed by atoms with Gasteiger partial charge in [-0.15, -0.1) is 0 Å². The molecule has 0 bridgehead atoms. The molecule has 1 heteroatoms. The van der Waals surface area contributed by atoms with E-state index in [0.29, 0.717) is 5.92 Å². The van der Waals surface area contributed by atoms with Crippen molar-refractivity contribution >= 4 is 11.8 Å². The number of rotatable bonds is 15. The average Bonchev–Trinajstić information content (AvgIpc) is 2.43. The third-order valence-corrected chi connectivity index (χ3v) is 5.33. The fourth-order valence-electron chi connectivity index (χ4n) is 2.41. The molecule has 0 saturated heterocycles. The first-order valence-electron chi connectivity index (χ1n) is 9.29. The van der Waals surface area contributed by atoms with E-state index in [1.165, 1.54) is 81.3 Å². The molecule has 0 aromatic carbocycles. The Bertz CT molecular complexity index is 230. The van der Waals surface area contributed by atoms with Gasteiger partial charge in [-0.3, -0.25) is 0 Å². The van der Waals surface area contributed by atoms with Crippen LogP contribution >= 0.6 is 11.8 Å². The largest absolute Gasteiger partial charge is 0.162 e. The van der Waals surface area contributed by atoms with E-state index in [2.05, 4.69) is 46.0 Å². The number of hydrogen-bond acceptors (Lipinski definition) is 1. The molecule has 0 atom stereocenters. The minimum Gasteiger partial charge on any atom is -0.162 e. The molecule has 0 radical (unpaired) electrons. The van der Waals surface area contributed by atoms with E-state index in [9.17, 15) is 0 Å². The third kappa shape index (κ3) is 16.3. The van der Waals surface area contributed by atoms with Crippen LogP contribution in [0.2, 0.25) is 0 Å². The zero-order valence-electron chi connectivity index (χ0n) is 15.3. The van der Waals surface area contributed by atoms with Gasteiger partial charge in [0.25, 0.3) is 0 Å². The Morgan fingerprint density at radius 2 is 1.29 bits per heavy atom. The van der Waals surface area contributed by atoms with E-state index in [0.717, 1.165) is 5.92 Å². The van der Waals surface area contributed by atoms with Crippen LogP contribution in [0.25, 0.3) is 0 Å². The number of hydrogen-bond donors (Lipinski definition) is 0. The molecule has 0 aliphatic rings. The van der Waals surface area contributed by atoms with Crippen LogP contribution in [0.4, 0.5) is 0 Å². The molecule has 0 saturated carbocycles. The first kappa shape index (κ1) is 21.1. The van der Waals surface area contributed by atoms with Gasteiger partial charge in [0.05, 0.1) is 0 Å². The highest BCUT2D eigenvalue weighted by atomic mass is 32.2. The Morgan fingerprint density at radius 1 is 0.762 bits per heavy atom. The van der Waals surface area contributed by atoms with Crippen LogP contribution in [0.5, 0.6) is 0 Å². The van der Waals surface area contributed by atoms with Gasteiger partial charge >= 0.3 is 0 Å². The highest BCUT2D eigenvalue weighted by Crippen LogP contribution is 2.17. The maximum atomic E-state index is 4.15. The summed E-state index contributed by atoms with van der Waals surface area (Å²) in [4.78, 5) is 0. The molecule has 0 unspecified atom stereocenters. The number of allylic oxidation sites excluding steroid dienone is 1. The molecule has 0 aromatic rings. The monoisotopic (exact) mass is 312 g/mol. The van der Waals surface area contributed by atoms with Gasteiger partial charge in [-0.25, -0.2) is 0 Å². The Kier molecular flexibility index (Phi) is 15.1. The maximum absolute atomic E-state index is 4.15. The van der Waals surface area contributed by atoms with Gasteiger partial charge in [0.1, 0.15) is 0 Å². The highest BCUT2D eigenvalue weighted by molar-refractivity contribution is 7.99. The van der Waals surface area contributed by atoms with Crippen molar-refractivity contribution in [1.82, 2.24) is 0 Å². The second-order valence-electron chi connectivity index (χ2n) is 7.19. The molecule has 0 heterocycles. The normalized spacial score (nSPS) is 11.5. The standard InChI is InChI=1S/C20H40S/c1-18(2)14-10-9-13-17-21-16-12-8-6-7-11-15-20(5)19(3)4/h18-19H,5-17H2,1-4H3. The molecule has 0 aliphatic heterocycles. The van der Waals surface area contributed by atoms with Crippen molar-refractivity contribution in [3.05, 3.63) is 12.2 Å². The molecule has 21 heavy (non-hydrogen) atoms. The van der Waals surface area contributed by atoms with Crippen LogP contribution in [0.15, 0.2) is 12.2 Å². The zero-order chi connectivity index (χ0) is 15.9. The molecule has 0 aromatic heterocycles. The van der Waals surface area contributed by atoms with E-state index in [1.807, 2.05) is 0 Å². The van der Waals surface area contributed by atoms with Crippen molar-refractivity contribution in [3.63, 3.8) is 0 Å². The molecule has 0 aliphatic carbocycles. The molecule has 0 nitrogen and oxygen atoms in total. The first-order chi connectivity index (χ1) is 10.0. The number of unbranched alkanes of at least 4 members (excludes halogenated alkanes) is 6. The third-order valence-electron chi connectivity index (χ3n) is 4.17. The van der Waals surface area contributed by atoms with Gasteiger partial charge in [-0.05, 0) is 49.0 Å². The van der Waals surface area contributed by atoms with E-state index < -0.39 is 0 Å². The summed E-state index contributed by atoms with van der Waals surface area (Å²) in [5.41, 5.74) is 1.43. The van der Waals surface area contributed by atoms with Crippen LogP contribution in [-0.4, -0.2) is 11.5 Å². The van der Waals surface area contributed by atoms with Crippen molar-refractivity contribution in [2.45, 2.75) is 91.9 Å². The Hall–Kier alpha value is 0.0900. The van der Waals surface area contributed by atoms with E-state index in [1.54, 1.807) is 0 Å². The lowest BCUT2D eigenvalue weighted by Gasteiger charge is -2.08. The summed E-state index contributed by atoms with van der Waals surface area (Å²) in [5, 5.41) is 0. The van der Waals surface area contributed by atoms with Crippen molar-refractivity contribution in [3.8, 4) is 0 Å². The van der Waals surface area contributed by atoms with Crippen molar-refractivity contribution in [2.24, 2.45) is 11.8 Å². The Morgan fingerprint density at radius 3 is 1.86 bits per heavy atom. The Balaban J connectivity index is 3.08. The van der Waals surface area contributed by atoms with Crippen molar-refractivity contribution in [1.29, 1.82) is 0 Å². The van der Waals surface area contributed by atoms with E-state index in [-0.39, 0.29) is 0 Å². The summed E-state index contributed by atoms with van der Waals surface area (Å²) >= 11 is 2.17. The molecule has 0 fully saturated rings. The van der Waals surface area contributed by atoms with Crippen molar-refractivity contribution in [2.75, 3.05) is 11.5 Å². The van der Waals surface area contributed by atoms with Gasteiger partial charge in [0.2, 0.25) is 0 Å². The summed E-state index contributed by atoms with van der Waals surface area (Å²) in [5.74, 6) is 4.31. The molecule has 126 valence electrons. The van der Waals surface area contributed by atoms with Crippen LogP contribution in [0, 0.1) is 11.8 Å². The second-order valence-corrected chi connectivity index (χ2v) is 8.41. The van der Waals surface area contributed by atoms with Gasteiger partial charge in [-0.1, -0.05) is 78.4 Å². The molecule has 0 N–H and O–H groups in total. The van der Waals surface area contributed by atoms with Crippen LogP contribution in [0.3, 0.4) is 0 Å². The Labute approximate surface area is 139 Å². The fourth-order valence-corrected chi connectivity index (χ4v) is 3.43. The molecule has 0 rings (SSSR count). The predicted octanol–water partition coefficient (Wildman–Crippen LogP) is 7.49. The summed E-state index contributed by atoms with van der Waals surface area (Å²) in [6.45, 7) is 13.3. The number of thioether (sulfide) groups is 1. The van der Waals surface area contributed by atoms with E-state index in [4.69, 9.17) is 0 Å². The second kappa shape index (κ2) is 15.0. The van der Waals surface area contributed by atoms with Gasteiger partial charge in [0.15, 0.2) is 0 Å². The highest BCUT2D eigenvalue weighted by Gasteiger charge is 2.00. The summed E-state index contributed by atoms with van der Waals surface area (Å²) in [6, 6.07) is 0. The quantitative estimate of drug-likeness (QED) is 0.223. The van der Waals surface area contributed by atoms with Gasteiger partial charge in [0, 0.05) is 0 Å². The van der Waals surface area contributed by atoms with Crippen LogP contribution < -0.4 is 0 Å². The fraction of sp³-hybridized carbons (Fsp3) is 0.900. The van der Waals surface area contributed by atoms with Gasteiger partial charge in [-0.2, -0.15) is 11.8 Å². The minimum atomic E-state index is 0.668. The average molecular weight is 313 g/mol. The minimum absolute atomic E-state index is 0.668. The molecular formula is C20H40S. The summed E-state index contributed by atoms with van der Waals surface area (Å²) < 4.78 is 0. The maximum Gasteiger partial charge on any atom is -0.00675 e. The van der Waals surface area contributed by atoms with Crippen molar-refractivity contribution < 1.29 is 0 Å². The lowest BCUT2D eigenvalue weighted by Crippen LogP contribution is -1.92. The van der Waals surface area contributed by atoms with E-state index >= 15 is 0 Å². The predicted molar refractivity (Wildman–Crippen MR) is 102 cm³/mol. The van der Waals surface area contributed by atoms with Gasteiger partial charge < -0.3 is 0 Å². The first-order valence-corrected chi connectivity index (χ1v) is 10.4. The summed E-state index contributed by atoms with van der Waals surface area (Å²) in [7, 11) is 0. The van der Waals surface area contributed by atoms with Crippen LogP contribution in [0.1, 0.15) is 91.9 Å². The molecular weight excluding hydrogens is 272 g/mol. The topological polar surface area (TPSA) is 0 Å². The lowest BCUT2D eigenvalue weighted by atomic mass is 9.98. The smallest absolute Gasteiger partial charge is 0.00675 e. The zero-order valence-corrected chi connectivity index (χ0v) is 16.1. The van der Waals surface area contributed by atoms with Crippen LogP contribution in [-0.2, 0) is 0 Å².